The van der Waals surface area contributed by atoms with E-state index in [1.807, 2.05) is 0 Å². The third kappa shape index (κ3) is 11.1. The molecule has 8 nitrogen and oxygen atoms in total. The molecule has 162 valence electrons. The highest BCUT2D eigenvalue weighted by atomic mass is 32.3. The first-order valence-corrected chi connectivity index (χ1v) is 9.52. The first kappa shape index (κ1) is 27.8. The van der Waals surface area contributed by atoms with E-state index in [4.69, 9.17) is 0 Å². The second-order valence-corrected chi connectivity index (χ2v) is 9.39. The number of quaternary nitrogens is 1. The first-order chi connectivity index (χ1) is 11.5. The molecule has 0 aromatic carbocycles. The molecule has 0 saturated heterocycles. The molecule has 1 N–H and O–H groups in total. The SMILES string of the molecule is C=C(C)C(=O)NCC[N+](C)(C)C.O=S(=O)([N-]S(=O)(=O)C(F)(F)F)C(F)(F)F. The van der Waals surface area contributed by atoms with Gasteiger partial charge < -0.3 is 13.9 Å². The van der Waals surface area contributed by atoms with Crippen molar-refractivity contribution in [2.75, 3.05) is 34.2 Å². The van der Waals surface area contributed by atoms with Crippen LogP contribution in [0.4, 0.5) is 26.3 Å². The maximum Gasteiger partial charge on any atom is 0.480 e. The third-order valence-corrected chi connectivity index (χ3v) is 4.98. The Morgan fingerprint density at radius 3 is 1.52 bits per heavy atom. The predicted molar refractivity (Wildman–Crippen MR) is 84.0 cm³/mol. The molecule has 0 aromatic heterocycles. The summed E-state index contributed by atoms with van der Waals surface area (Å²) >= 11 is 0. The van der Waals surface area contributed by atoms with Gasteiger partial charge >= 0.3 is 11.0 Å². The minimum Gasteiger partial charge on any atom is -0.421 e. The van der Waals surface area contributed by atoms with E-state index in [0.29, 0.717) is 12.1 Å². The molecule has 0 saturated carbocycles. The normalized spacial score (nSPS) is 13.4. The molecular formula is C11H19F6N3O5S2. The van der Waals surface area contributed by atoms with Crippen LogP contribution < -0.4 is 5.32 Å². The van der Waals surface area contributed by atoms with E-state index in [0.717, 1.165) is 15.2 Å². The van der Waals surface area contributed by atoms with Gasteiger partial charge in [0.25, 0.3) is 0 Å². The molecule has 1 amide bonds. The van der Waals surface area contributed by atoms with Crippen molar-refractivity contribution in [1.82, 2.24) is 5.32 Å². The molecular weight excluding hydrogens is 432 g/mol. The number of carbonyl (C=O) groups excluding carboxylic acids is 1. The summed E-state index contributed by atoms with van der Waals surface area (Å²) in [7, 11) is -7.17. The van der Waals surface area contributed by atoms with Crippen molar-refractivity contribution in [2.45, 2.75) is 17.9 Å². The Hall–Kier alpha value is -1.39. The second kappa shape index (κ2) is 9.20. The van der Waals surface area contributed by atoms with Gasteiger partial charge in [-0.3, -0.25) is 4.79 Å². The summed E-state index contributed by atoms with van der Waals surface area (Å²) in [5.41, 5.74) is -11.8. The second-order valence-electron chi connectivity index (χ2n) is 5.97. The number of halogens is 6. The number of nitrogens with one attached hydrogen (secondary N) is 1. The highest BCUT2D eigenvalue weighted by Crippen LogP contribution is 2.36. The van der Waals surface area contributed by atoms with E-state index >= 15 is 0 Å². The summed E-state index contributed by atoms with van der Waals surface area (Å²) in [6.45, 7) is 6.90. The Balaban J connectivity index is 0. The van der Waals surface area contributed by atoms with E-state index in [1.54, 1.807) is 6.92 Å². The summed E-state index contributed by atoms with van der Waals surface area (Å²) in [4.78, 5) is 11.0. The van der Waals surface area contributed by atoms with Gasteiger partial charge in [-0.25, -0.2) is 16.8 Å². The van der Waals surface area contributed by atoms with Crippen LogP contribution in [-0.4, -0.2) is 72.5 Å². The monoisotopic (exact) mass is 451 g/mol. The number of alkyl halides is 6. The van der Waals surface area contributed by atoms with Gasteiger partial charge in [0.2, 0.25) is 5.91 Å². The van der Waals surface area contributed by atoms with Crippen LogP contribution in [0.1, 0.15) is 6.92 Å². The van der Waals surface area contributed by atoms with E-state index < -0.39 is 31.1 Å². The molecule has 0 aliphatic carbocycles. The van der Waals surface area contributed by atoms with Gasteiger partial charge in [0.05, 0.1) is 34.2 Å². The van der Waals surface area contributed by atoms with Crippen LogP contribution in [0, 0.1) is 0 Å². The van der Waals surface area contributed by atoms with Gasteiger partial charge in [-0.05, 0) is 6.92 Å². The van der Waals surface area contributed by atoms with Crippen LogP contribution >= 0.6 is 0 Å². The fourth-order valence-electron chi connectivity index (χ4n) is 0.869. The number of amides is 1. The lowest BCUT2D eigenvalue weighted by Crippen LogP contribution is -2.41. The van der Waals surface area contributed by atoms with E-state index in [-0.39, 0.29) is 5.91 Å². The smallest absolute Gasteiger partial charge is 0.421 e. The maximum atomic E-state index is 11.4. The van der Waals surface area contributed by atoms with Crippen molar-refractivity contribution in [3.05, 3.63) is 16.3 Å². The lowest BCUT2D eigenvalue weighted by atomic mass is 10.3. The van der Waals surface area contributed by atoms with Crippen molar-refractivity contribution < 1.29 is 52.5 Å². The van der Waals surface area contributed by atoms with Gasteiger partial charge in [0.1, 0.15) is 0 Å². The van der Waals surface area contributed by atoms with Gasteiger partial charge in [-0.2, -0.15) is 26.3 Å². The van der Waals surface area contributed by atoms with E-state index in [2.05, 4.69) is 33.0 Å². The molecule has 0 aliphatic heterocycles. The standard InChI is InChI=1S/C9H18N2O.C2F6NO4S2/c1-8(2)9(12)10-6-7-11(3,4)5;3-1(4,5)14(10,11)9-15(12,13)2(6,7)8/h1,6-7H2,2-5H3;/q;-1/p+1. The molecule has 0 radical (unpaired) electrons. The number of hydrogen-bond acceptors (Lipinski definition) is 5. The first-order valence-electron chi connectivity index (χ1n) is 6.64. The number of likely N-dealkylation sites (N-methyl/N-ethyl adjacent to an activating group) is 1. The molecule has 0 aromatic rings. The zero-order valence-electron chi connectivity index (χ0n) is 14.6. The highest BCUT2D eigenvalue weighted by molar-refractivity contribution is 8.13. The number of hydrogen-bond donors (Lipinski definition) is 1. The van der Waals surface area contributed by atoms with Crippen LogP contribution in [0.15, 0.2) is 12.2 Å². The largest absolute Gasteiger partial charge is 0.480 e. The fraction of sp³-hybridized carbons (Fsp3) is 0.727. The Kier molecular flexibility index (Phi) is 9.48. The summed E-state index contributed by atoms with van der Waals surface area (Å²) in [6.07, 6.45) is 0. The Morgan fingerprint density at radius 1 is 0.963 bits per heavy atom. The average Bonchev–Trinajstić information content (AvgIpc) is 2.33. The number of nitrogens with zero attached hydrogens (tertiary/aromatic N) is 2. The van der Waals surface area contributed by atoms with Gasteiger partial charge in [0.15, 0.2) is 20.0 Å². The van der Waals surface area contributed by atoms with Crippen molar-refractivity contribution in [3.8, 4) is 0 Å². The Morgan fingerprint density at radius 2 is 1.30 bits per heavy atom. The molecule has 16 heteroatoms. The Labute approximate surface area is 152 Å². The quantitative estimate of drug-likeness (QED) is 0.373. The van der Waals surface area contributed by atoms with Crippen LogP contribution in [0.2, 0.25) is 0 Å². The highest BCUT2D eigenvalue weighted by Gasteiger charge is 2.46. The topological polar surface area (TPSA) is 111 Å². The van der Waals surface area contributed by atoms with Crippen molar-refractivity contribution >= 4 is 26.0 Å². The lowest BCUT2D eigenvalue weighted by molar-refractivity contribution is -0.869. The number of rotatable bonds is 6. The van der Waals surface area contributed by atoms with Gasteiger partial charge in [0, 0.05) is 5.57 Å². The van der Waals surface area contributed by atoms with Crippen LogP contribution in [-0.2, 0) is 24.8 Å². The molecule has 27 heavy (non-hydrogen) atoms. The van der Waals surface area contributed by atoms with E-state index in [9.17, 15) is 48.0 Å². The molecule has 0 rings (SSSR count). The third-order valence-electron chi connectivity index (χ3n) is 2.24. The van der Waals surface area contributed by atoms with Crippen LogP contribution in [0.3, 0.4) is 0 Å². The molecule has 0 fully saturated rings. The van der Waals surface area contributed by atoms with Crippen molar-refractivity contribution in [3.63, 3.8) is 0 Å². The minimum absolute atomic E-state index is 0.0524. The zero-order valence-corrected chi connectivity index (χ0v) is 16.3. The maximum absolute atomic E-state index is 11.4. The minimum atomic E-state index is -6.72. The summed E-state index contributed by atoms with van der Waals surface area (Å²) in [5, 5.41) is 2.78. The average molecular weight is 451 g/mol. The van der Waals surface area contributed by atoms with Crippen molar-refractivity contribution in [1.29, 1.82) is 0 Å². The summed E-state index contributed by atoms with van der Waals surface area (Å²) in [6, 6.07) is 0. The lowest BCUT2D eigenvalue weighted by Gasteiger charge is -2.23. The van der Waals surface area contributed by atoms with Crippen molar-refractivity contribution in [2.24, 2.45) is 0 Å². The van der Waals surface area contributed by atoms with Crippen LogP contribution in [0.5, 0.6) is 0 Å². The molecule has 0 aliphatic rings. The molecule has 0 spiro atoms. The van der Waals surface area contributed by atoms with Gasteiger partial charge in [-0.1, -0.05) is 6.58 Å². The van der Waals surface area contributed by atoms with Gasteiger partial charge in [-0.15, -0.1) is 0 Å². The summed E-state index contributed by atoms with van der Waals surface area (Å²) in [5.74, 6) is -0.0524. The Bertz CT molecular complexity index is 694. The van der Waals surface area contributed by atoms with Crippen LogP contribution in [0.25, 0.3) is 4.13 Å². The summed E-state index contributed by atoms with van der Waals surface area (Å²) < 4.78 is 110. The number of sulfonamides is 2. The molecule has 0 heterocycles. The predicted octanol–water partition coefficient (Wildman–Crippen LogP) is 1.44. The zero-order chi connectivity index (χ0) is 22.5. The number of carbonyl (C=O) groups is 1. The van der Waals surface area contributed by atoms with E-state index in [1.165, 1.54) is 0 Å². The molecule has 0 atom stereocenters. The molecule has 0 unspecified atom stereocenters. The molecule has 0 bridgehead atoms. The fourth-order valence-corrected chi connectivity index (χ4v) is 2.58.